The lowest BCUT2D eigenvalue weighted by molar-refractivity contribution is -0.122. The molecular weight excluding hydrogens is 286 g/mol. The summed E-state index contributed by atoms with van der Waals surface area (Å²) in [5, 5.41) is 6.98. The van der Waals surface area contributed by atoms with Gasteiger partial charge < -0.3 is 10.1 Å². The SMILES string of the molecule is Cc1c(Br)cnn1CC(=O)NCC1CCCO1. The van der Waals surface area contributed by atoms with Crippen molar-refractivity contribution in [3.8, 4) is 0 Å². The molecule has 1 aromatic rings. The fraction of sp³-hybridized carbons (Fsp3) is 0.636. The summed E-state index contributed by atoms with van der Waals surface area (Å²) in [6.45, 7) is 3.58. The summed E-state index contributed by atoms with van der Waals surface area (Å²) in [5.41, 5.74) is 0.956. The van der Waals surface area contributed by atoms with Crippen LogP contribution in [0.25, 0.3) is 0 Å². The normalized spacial score (nSPS) is 19.5. The zero-order chi connectivity index (χ0) is 12.3. The van der Waals surface area contributed by atoms with Gasteiger partial charge in [0.2, 0.25) is 5.91 Å². The summed E-state index contributed by atoms with van der Waals surface area (Å²) in [5.74, 6) is -0.0285. The fourth-order valence-corrected chi connectivity index (χ4v) is 2.10. The van der Waals surface area contributed by atoms with Crippen molar-refractivity contribution in [2.45, 2.75) is 32.4 Å². The molecule has 1 saturated heterocycles. The highest BCUT2D eigenvalue weighted by molar-refractivity contribution is 9.10. The Balaban J connectivity index is 1.78. The molecule has 1 amide bonds. The molecule has 0 radical (unpaired) electrons. The molecule has 1 aromatic heterocycles. The molecule has 2 heterocycles. The number of hydrogen-bond acceptors (Lipinski definition) is 3. The van der Waals surface area contributed by atoms with E-state index in [-0.39, 0.29) is 18.6 Å². The van der Waals surface area contributed by atoms with Crippen LogP contribution in [0.3, 0.4) is 0 Å². The minimum Gasteiger partial charge on any atom is -0.376 e. The molecule has 1 N–H and O–H groups in total. The second-order valence-electron chi connectivity index (χ2n) is 4.17. The maximum atomic E-state index is 11.7. The van der Waals surface area contributed by atoms with Crippen LogP contribution < -0.4 is 5.32 Å². The van der Waals surface area contributed by atoms with Crippen molar-refractivity contribution in [3.05, 3.63) is 16.4 Å². The number of rotatable bonds is 4. The molecule has 6 heteroatoms. The van der Waals surface area contributed by atoms with Crippen LogP contribution in [0.5, 0.6) is 0 Å². The molecule has 0 bridgehead atoms. The van der Waals surface area contributed by atoms with E-state index in [1.807, 2.05) is 6.92 Å². The van der Waals surface area contributed by atoms with Gasteiger partial charge in [-0.25, -0.2) is 0 Å². The van der Waals surface area contributed by atoms with Crippen LogP contribution in [0.2, 0.25) is 0 Å². The van der Waals surface area contributed by atoms with Crippen LogP contribution in [0.15, 0.2) is 10.7 Å². The predicted molar refractivity (Wildman–Crippen MR) is 66.6 cm³/mol. The first kappa shape index (κ1) is 12.6. The standard InChI is InChI=1S/C11H16BrN3O2/c1-8-10(12)6-14-15(8)7-11(16)13-5-9-3-2-4-17-9/h6,9H,2-5,7H2,1H3,(H,13,16). The van der Waals surface area contributed by atoms with E-state index in [2.05, 4.69) is 26.3 Å². The molecule has 1 aliphatic heterocycles. The highest BCUT2D eigenvalue weighted by atomic mass is 79.9. The Kier molecular flexibility index (Phi) is 4.17. The lowest BCUT2D eigenvalue weighted by Crippen LogP contribution is -2.34. The van der Waals surface area contributed by atoms with Gasteiger partial charge in [-0.2, -0.15) is 5.10 Å². The number of amides is 1. The Labute approximate surface area is 109 Å². The van der Waals surface area contributed by atoms with Gasteiger partial charge in [0.15, 0.2) is 0 Å². The van der Waals surface area contributed by atoms with Crippen LogP contribution in [-0.4, -0.2) is 34.9 Å². The second kappa shape index (κ2) is 5.64. The number of ether oxygens (including phenoxy) is 1. The molecule has 0 aromatic carbocycles. The van der Waals surface area contributed by atoms with E-state index in [1.165, 1.54) is 0 Å². The topological polar surface area (TPSA) is 56.2 Å². The molecule has 0 saturated carbocycles. The van der Waals surface area contributed by atoms with Gasteiger partial charge in [-0.05, 0) is 35.7 Å². The Morgan fingerprint density at radius 1 is 1.76 bits per heavy atom. The van der Waals surface area contributed by atoms with Crippen molar-refractivity contribution in [1.29, 1.82) is 0 Å². The van der Waals surface area contributed by atoms with E-state index in [4.69, 9.17) is 4.74 Å². The summed E-state index contributed by atoms with van der Waals surface area (Å²) < 4.78 is 8.03. The van der Waals surface area contributed by atoms with E-state index in [9.17, 15) is 4.79 Å². The van der Waals surface area contributed by atoms with Crippen molar-refractivity contribution in [3.63, 3.8) is 0 Å². The van der Waals surface area contributed by atoms with Crippen LogP contribution >= 0.6 is 15.9 Å². The molecular formula is C11H16BrN3O2. The van der Waals surface area contributed by atoms with E-state index in [0.29, 0.717) is 6.54 Å². The number of nitrogens with one attached hydrogen (secondary N) is 1. The molecule has 0 spiro atoms. The highest BCUT2D eigenvalue weighted by Crippen LogP contribution is 2.14. The number of carbonyl (C=O) groups is 1. The van der Waals surface area contributed by atoms with Gasteiger partial charge in [-0.15, -0.1) is 0 Å². The van der Waals surface area contributed by atoms with Gasteiger partial charge in [-0.1, -0.05) is 0 Å². The predicted octanol–water partition coefficient (Wildman–Crippen LogP) is 1.25. The third-order valence-corrected chi connectivity index (χ3v) is 3.67. The summed E-state index contributed by atoms with van der Waals surface area (Å²) in [6.07, 6.45) is 4.01. The Morgan fingerprint density at radius 3 is 3.18 bits per heavy atom. The van der Waals surface area contributed by atoms with Crippen LogP contribution in [0.4, 0.5) is 0 Å². The number of carbonyl (C=O) groups excluding carboxylic acids is 1. The van der Waals surface area contributed by atoms with Crippen molar-refractivity contribution in [2.24, 2.45) is 0 Å². The zero-order valence-corrected chi connectivity index (χ0v) is 11.4. The van der Waals surface area contributed by atoms with Gasteiger partial charge in [0.05, 0.1) is 22.5 Å². The lowest BCUT2D eigenvalue weighted by atomic mass is 10.2. The summed E-state index contributed by atoms with van der Waals surface area (Å²) in [7, 11) is 0. The molecule has 94 valence electrons. The smallest absolute Gasteiger partial charge is 0.241 e. The minimum atomic E-state index is -0.0285. The van der Waals surface area contributed by atoms with E-state index >= 15 is 0 Å². The second-order valence-corrected chi connectivity index (χ2v) is 5.03. The van der Waals surface area contributed by atoms with Crippen molar-refractivity contribution in [1.82, 2.24) is 15.1 Å². The third-order valence-electron chi connectivity index (χ3n) is 2.89. The molecule has 2 rings (SSSR count). The van der Waals surface area contributed by atoms with E-state index in [0.717, 1.165) is 29.6 Å². The first-order valence-electron chi connectivity index (χ1n) is 5.73. The Hall–Kier alpha value is -0.880. The summed E-state index contributed by atoms with van der Waals surface area (Å²) >= 11 is 3.36. The maximum Gasteiger partial charge on any atom is 0.241 e. The number of hydrogen-bond donors (Lipinski definition) is 1. The molecule has 1 fully saturated rings. The number of nitrogens with zero attached hydrogens (tertiary/aromatic N) is 2. The van der Waals surface area contributed by atoms with E-state index < -0.39 is 0 Å². The lowest BCUT2D eigenvalue weighted by Gasteiger charge is -2.11. The van der Waals surface area contributed by atoms with Gasteiger partial charge in [0.1, 0.15) is 6.54 Å². The summed E-state index contributed by atoms with van der Waals surface area (Å²) in [4.78, 5) is 11.7. The van der Waals surface area contributed by atoms with E-state index in [1.54, 1.807) is 10.9 Å². The van der Waals surface area contributed by atoms with Crippen molar-refractivity contribution < 1.29 is 9.53 Å². The monoisotopic (exact) mass is 301 g/mol. The van der Waals surface area contributed by atoms with Crippen LogP contribution in [0, 0.1) is 6.92 Å². The highest BCUT2D eigenvalue weighted by Gasteiger charge is 2.16. The Morgan fingerprint density at radius 2 is 2.59 bits per heavy atom. The quantitative estimate of drug-likeness (QED) is 0.910. The van der Waals surface area contributed by atoms with Crippen LogP contribution in [-0.2, 0) is 16.1 Å². The third kappa shape index (κ3) is 3.29. The molecule has 17 heavy (non-hydrogen) atoms. The fourth-order valence-electron chi connectivity index (χ4n) is 1.81. The van der Waals surface area contributed by atoms with Gasteiger partial charge in [0.25, 0.3) is 0 Å². The number of aromatic nitrogens is 2. The first-order valence-corrected chi connectivity index (χ1v) is 6.52. The minimum absolute atomic E-state index is 0.0285. The average Bonchev–Trinajstić information content (AvgIpc) is 2.92. The maximum absolute atomic E-state index is 11.7. The molecule has 1 unspecified atom stereocenters. The van der Waals surface area contributed by atoms with Crippen molar-refractivity contribution >= 4 is 21.8 Å². The first-order chi connectivity index (χ1) is 8.16. The average molecular weight is 302 g/mol. The zero-order valence-electron chi connectivity index (χ0n) is 9.78. The molecule has 5 nitrogen and oxygen atoms in total. The van der Waals surface area contributed by atoms with Crippen molar-refractivity contribution in [2.75, 3.05) is 13.2 Å². The summed E-state index contributed by atoms with van der Waals surface area (Å²) in [6, 6.07) is 0. The largest absolute Gasteiger partial charge is 0.376 e. The van der Waals surface area contributed by atoms with Crippen LogP contribution in [0.1, 0.15) is 18.5 Å². The molecule has 1 atom stereocenters. The van der Waals surface area contributed by atoms with Gasteiger partial charge in [0, 0.05) is 13.2 Å². The van der Waals surface area contributed by atoms with Gasteiger partial charge >= 0.3 is 0 Å². The Bertz CT molecular complexity index is 399. The van der Waals surface area contributed by atoms with Gasteiger partial charge in [-0.3, -0.25) is 9.48 Å². The molecule has 0 aliphatic carbocycles. The number of halogens is 1. The molecule has 1 aliphatic rings.